The van der Waals surface area contributed by atoms with E-state index in [1.165, 1.54) is 18.2 Å². The summed E-state index contributed by atoms with van der Waals surface area (Å²) in [7, 11) is -1.26. The molecule has 39 heavy (non-hydrogen) atoms. The van der Waals surface area contributed by atoms with Gasteiger partial charge in [-0.25, -0.2) is 23.4 Å². The molecule has 1 N–H and O–H groups in total. The Kier molecular flexibility index (Phi) is 6.98. The maximum absolute atomic E-state index is 15.0. The first kappa shape index (κ1) is 26.1. The molecule has 2 fully saturated rings. The number of ether oxygens (including phenoxy) is 2. The topological polar surface area (TPSA) is 76.8 Å². The number of aliphatic imine (C=N–C) groups is 1. The zero-order valence-electron chi connectivity index (χ0n) is 22.6. The molecule has 0 bridgehead atoms. The number of benzene rings is 1. The summed E-state index contributed by atoms with van der Waals surface area (Å²) in [5, 5.41) is 8.18. The molecule has 3 aromatic rings. The Hall–Kier alpha value is -3.15. The number of fused-ring (bicyclic) bond motifs is 3. The fraction of sp³-hybridized carbons (Fsp3) is 0.464. The molecule has 1 saturated carbocycles. The first-order valence-corrected chi connectivity index (χ1v) is 17.3. The second kappa shape index (κ2) is 10.4. The van der Waals surface area contributed by atoms with Crippen LogP contribution in [0.25, 0.3) is 11.3 Å². The number of pyridine rings is 1. The summed E-state index contributed by atoms with van der Waals surface area (Å²) in [6.07, 6.45) is 3.73. The highest BCUT2D eigenvalue weighted by atomic mass is 28.3. The first-order chi connectivity index (χ1) is 18.8. The fourth-order valence-corrected chi connectivity index (χ4v) is 5.67. The molecule has 6 rings (SSSR count). The number of amidine groups is 1. The Balaban J connectivity index is 1.48. The molecule has 0 spiro atoms. The van der Waals surface area contributed by atoms with E-state index in [0.717, 1.165) is 54.7 Å². The molecule has 206 valence electrons. The first-order valence-electron chi connectivity index (χ1n) is 13.6. The monoisotopic (exact) mass is 552 g/mol. The van der Waals surface area contributed by atoms with Gasteiger partial charge in [0.15, 0.2) is 0 Å². The molecular weight excluding hydrogens is 518 g/mol. The van der Waals surface area contributed by atoms with Crippen LogP contribution in [0.2, 0.25) is 25.7 Å². The Morgan fingerprint density at radius 2 is 1.87 bits per heavy atom. The number of morpholine rings is 1. The number of rotatable bonds is 8. The lowest BCUT2D eigenvalue weighted by molar-refractivity contribution is 0.0795. The SMILES string of the molecule is C[Si](C)(C)CCOCn1nc(C2CC2)c2c1-c1cc(N3CCOCC3)ncc1NC(c1c(F)cccc1F)=N2. The van der Waals surface area contributed by atoms with Gasteiger partial charge < -0.3 is 19.7 Å². The summed E-state index contributed by atoms with van der Waals surface area (Å²) in [5.74, 6) is -0.184. The number of halogens is 2. The zero-order chi connectivity index (χ0) is 27.1. The molecule has 0 unspecified atom stereocenters. The Labute approximate surface area is 228 Å². The van der Waals surface area contributed by atoms with E-state index >= 15 is 0 Å². The van der Waals surface area contributed by atoms with Crippen LogP contribution < -0.4 is 10.2 Å². The second-order valence-corrected chi connectivity index (χ2v) is 17.2. The summed E-state index contributed by atoms with van der Waals surface area (Å²) in [5.41, 5.74) is 3.48. The van der Waals surface area contributed by atoms with E-state index in [1.54, 1.807) is 6.20 Å². The van der Waals surface area contributed by atoms with E-state index in [-0.39, 0.29) is 24.0 Å². The summed E-state index contributed by atoms with van der Waals surface area (Å²) < 4.78 is 43.5. The molecule has 1 saturated heterocycles. The predicted molar refractivity (Wildman–Crippen MR) is 151 cm³/mol. The third-order valence-corrected chi connectivity index (χ3v) is 8.99. The van der Waals surface area contributed by atoms with Gasteiger partial charge >= 0.3 is 0 Å². The maximum Gasteiger partial charge on any atom is 0.144 e. The van der Waals surface area contributed by atoms with Crippen LogP contribution in [0.3, 0.4) is 0 Å². The average molecular weight is 553 g/mol. The normalized spacial score (nSPS) is 17.3. The molecule has 0 atom stereocenters. The standard InChI is InChI=1S/C28H34F2N6O2Si/c1-39(2,3)14-13-38-17-36-27-19-15-23(35-9-11-37-12-10-35)31-16-22(19)32-28(24-20(29)5-4-6-21(24)30)33-26(27)25(34-36)18-7-8-18/h4-6,15-16,18H,7-14,17H2,1-3H3,(H,32,33). The van der Waals surface area contributed by atoms with Gasteiger partial charge in [0.2, 0.25) is 0 Å². The van der Waals surface area contributed by atoms with Crippen molar-refractivity contribution < 1.29 is 18.3 Å². The number of anilines is 2. The maximum atomic E-state index is 15.0. The van der Waals surface area contributed by atoms with Crippen molar-refractivity contribution >= 4 is 31.1 Å². The molecule has 0 amide bonds. The summed E-state index contributed by atoms with van der Waals surface area (Å²) in [6, 6.07) is 6.90. The number of hydrogen-bond donors (Lipinski definition) is 1. The quantitative estimate of drug-likeness (QED) is 0.283. The van der Waals surface area contributed by atoms with Crippen molar-refractivity contribution in [3.63, 3.8) is 0 Å². The molecule has 8 nitrogen and oxygen atoms in total. The van der Waals surface area contributed by atoms with Crippen LogP contribution in [0.1, 0.15) is 30.0 Å². The van der Waals surface area contributed by atoms with Gasteiger partial charge in [-0.2, -0.15) is 5.10 Å². The minimum atomic E-state index is -1.26. The molecule has 2 aromatic heterocycles. The molecule has 1 aromatic carbocycles. The van der Waals surface area contributed by atoms with Crippen molar-refractivity contribution in [2.24, 2.45) is 4.99 Å². The Morgan fingerprint density at radius 1 is 1.13 bits per heavy atom. The molecule has 11 heteroatoms. The van der Waals surface area contributed by atoms with E-state index < -0.39 is 19.7 Å². The molecule has 3 aliphatic rings. The number of nitrogens with one attached hydrogen (secondary N) is 1. The van der Waals surface area contributed by atoms with Crippen LogP contribution >= 0.6 is 0 Å². The predicted octanol–water partition coefficient (Wildman–Crippen LogP) is 5.75. The van der Waals surface area contributed by atoms with Gasteiger partial charge in [0, 0.05) is 39.3 Å². The van der Waals surface area contributed by atoms with Gasteiger partial charge in [-0.1, -0.05) is 25.7 Å². The molecule has 4 heterocycles. The van der Waals surface area contributed by atoms with Gasteiger partial charge in [0.05, 0.1) is 42.0 Å². The van der Waals surface area contributed by atoms with Crippen molar-refractivity contribution in [2.75, 3.05) is 43.1 Å². The van der Waals surface area contributed by atoms with Gasteiger partial charge in [0.25, 0.3) is 0 Å². The number of aromatic nitrogens is 3. The summed E-state index contributed by atoms with van der Waals surface area (Å²) in [4.78, 5) is 11.7. The van der Waals surface area contributed by atoms with Crippen LogP contribution in [0.15, 0.2) is 35.5 Å². The van der Waals surface area contributed by atoms with Crippen molar-refractivity contribution in [3.05, 3.63) is 53.4 Å². The Bertz CT molecular complexity index is 1390. The van der Waals surface area contributed by atoms with Crippen LogP contribution in [0, 0.1) is 11.6 Å². The second-order valence-electron chi connectivity index (χ2n) is 11.6. The number of hydrogen-bond acceptors (Lipinski definition) is 7. The van der Waals surface area contributed by atoms with Crippen molar-refractivity contribution in [1.29, 1.82) is 0 Å². The lowest BCUT2D eigenvalue weighted by atomic mass is 10.1. The van der Waals surface area contributed by atoms with Crippen LogP contribution in [-0.4, -0.2) is 61.6 Å². The third kappa shape index (κ3) is 5.48. The van der Waals surface area contributed by atoms with Crippen LogP contribution in [0.5, 0.6) is 0 Å². The molecule has 2 aliphatic heterocycles. The van der Waals surface area contributed by atoms with Crippen molar-refractivity contribution in [2.45, 2.75) is 51.2 Å². The van der Waals surface area contributed by atoms with Crippen molar-refractivity contribution in [3.8, 4) is 11.3 Å². The van der Waals surface area contributed by atoms with Gasteiger partial charge in [-0.3, -0.25) is 0 Å². The minimum Gasteiger partial charge on any atom is -0.378 e. The van der Waals surface area contributed by atoms with Crippen LogP contribution in [-0.2, 0) is 16.2 Å². The highest BCUT2D eigenvalue weighted by Gasteiger charge is 2.35. The van der Waals surface area contributed by atoms with E-state index in [4.69, 9.17) is 24.5 Å². The smallest absolute Gasteiger partial charge is 0.144 e. The molecule has 1 aliphatic carbocycles. The molecule has 0 radical (unpaired) electrons. The average Bonchev–Trinajstić information content (AvgIpc) is 3.71. The van der Waals surface area contributed by atoms with E-state index in [0.29, 0.717) is 31.2 Å². The minimum absolute atomic E-state index is 0.104. The fourth-order valence-electron chi connectivity index (χ4n) is 4.92. The largest absolute Gasteiger partial charge is 0.378 e. The lowest BCUT2D eigenvalue weighted by Crippen LogP contribution is -2.36. The van der Waals surface area contributed by atoms with E-state index in [9.17, 15) is 8.78 Å². The number of nitrogens with zero attached hydrogens (tertiary/aromatic N) is 5. The van der Waals surface area contributed by atoms with E-state index in [2.05, 4.69) is 29.9 Å². The van der Waals surface area contributed by atoms with Crippen molar-refractivity contribution in [1.82, 2.24) is 14.8 Å². The van der Waals surface area contributed by atoms with Crippen LogP contribution in [0.4, 0.5) is 26.0 Å². The highest BCUT2D eigenvalue weighted by molar-refractivity contribution is 6.76. The summed E-state index contributed by atoms with van der Waals surface area (Å²) in [6.45, 7) is 10.6. The Morgan fingerprint density at radius 3 is 2.56 bits per heavy atom. The van der Waals surface area contributed by atoms with Gasteiger partial charge in [0.1, 0.15) is 35.7 Å². The lowest BCUT2D eigenvalue weighted by Gasteiger charge is -2.28. The highest BCUT2D eigenvalue weighted by Crippen LogP contribution is 2.49. The van der Waals surface area contributed by atoms with Gasteiger partial charge in [-0.15, -0.1) is 0 Å². The third-order valence-electron chi connectivity index (χ3n) is 7.28. The molecular formula is C28H34F2N6O2Si. The summed E-state index contributed by atoms with van der Waals surface area (Å²) >= 11 is 0. The zero-order valence-corrected chi connectivity index (χ0v) is 23.6. The van der Waals surface area contributed by atoms with E-state index in [1.807, 2.05) is 10.7 Å². The van der Waals surface area contributed by atoms with Gasteiger partial charge in [-0.05, 0) is 37.1 Å².